The number of carbonyl (C=O) groups excluding carboxylic acids is 1. The number of rotatable bonds is 2. The molecule has 102 valence electrons. The molecule has 20 heavy (non-hydrogen) atoms. The number of para-hydroxylation sites is 1. The summed E-state index contributed by atoms with van der Waals surface area (Å²) in [5, 5.41) is 3.31. The van der Waals surface area contributed by atoms with Crippen LogP contribution in [0.15, 0.2) is 42.6 Å². The number of halogens is 1. The lowest BCUT2D eigenvalue weighted by Crippen LogP contribution is -2.32. The lowest BCUT2D eigenvalue weighted by atomic mass is 9.96. The van der Waals surface area contributed by atoms with E-state index in [0.717, 1.165) is 11.3 Å². The van der Waals surface area contributed by atoms with E-state index in [-0.39, 0.29) is 11.8 Å². The minimum absolute atomic E-state index is 0.103. The number of ether oxygens (including phenoxy) is 1. The van der Waals surface area contributed by atoms with Crippen molar-refractivity contribution in [2.45, 2.75) is 6.42 Å². The maximum atomic E-state index is 12.2. The number of anilines is 1. The van der Waals surface area contributed by atoms with Crippen LogP contribution < -0.4 is 10.1 Å². The first kappa shape index (κ1) is 12.9. The zero-order valence-electron chi connectivity index (χ0n) is 10.7. The number of hydrogen-bond donors (Lipinski definition) is 1. The molecule has 5 heteroatoms. The number of nitrogens with zero attached hydrogens (tertiary/aromatic N) is 1. The van der Waals surface area contributed by atoms with Crippen LogP contribution in [0.4, 0.5) is 5.82 Å². The van der Waals surface area contributed by atoms with Crippen LogP contribution in [0.5, 0.6) is 5.75 Å². The maximum Gasteiger partial charge on any atom is 0.232 e. The molecule has 1 amide bonds. The zero-order chi connectivity index (χ0) is 13.9. The Morgan fingerprint density at radius 2 is 2.20 bits per heavy atom. The number of nitrogens with one attached hydrogen (secondary N) is 1. The Hall–Kier alpha value is -2.07. The van der Waals surface area contributed by atoms with Gasteiger partial charge in [-0.2, -0.15) is 0 Å². The van der Waals surface area contributed by atoms with E-state index in [9.17, 15) is 4.79 Å². The summed E-state index contributed by atoms with van der Waals surface area (Å²) in [6.07, 6.45) is 2.23. The second-order valence-corrected chi connectivity index (χ2v) is 5.10. The molecule has 2 aromatic rings. The molecule has 1 aromatic carbocycles. The highest BCUT2D eigenvalue weighted by Crippen LogP contribution is 2.27. The lowest BCUT2D eigenvalue weighted by molar-refractivity contribution is -0.121. The predicted octanol–water partition coefficient (Wildman–Crippen LogP) is 2.92. The van der Waals surface area contributed by atoms with Crippen molar-refractivity contribution in [3.05, 3.63) is 53.2 Å². The van der Waals surface area contributed by atoms with Gasteiger partial charge in [-0.1, -0.05) is 29.8 Å². The van der Waals surface area contributed by atoms with Gasteiger partial charge >= 0.3 is 0 Å². The first-order valence-electron chi connectivity index (χ1n) is 6.35. The van der Waals surface area contributed by atoms with Crippen LogP contribution in [-0.4, -0.2) is 17.5 Å². The quantitative estimate of drug-likeness (QED) is 0.924. The molecule has 1 unspecified atom stereocenters. The summed E-state index contributed by atoms with van der Waals surface area (Å²) in [6.45, 7) is 0.378. The van der Waals surface area contributed by atoms with Gasteiger partial charge < -0.3 is 10.1 Å². The number of hydrogen-bond acceptors (Lipinski definition) is 3. The van der Waals surface area contributed by atoms with Gasteiger partial charge in [-0.15, -0.1) is 0 Å². The fourth-order valence-corrected chi connectivity index (χ4v) is 2.36. The van der Waals surface area contributed by atoms with Crippen LogP contribution in [0.2, 0.25) is 5.02 Å². The molecule has 0 saturated carbocycles. The zero-order valence-corrected chi connectivity index (χ0v) is 11.4. The SMILES string of the molecule is O=C(Nc1cc(Cl)ccn1)C1COc2ccccc2C1. The topological polar surface area (TPSA) is 51.2 Å². The fourth-order valence-electron chi connectivity index (χ4n) is 2.20. The van der Waals surface area contributed by atoms with E-state index in [1.165, 1.54) is 0 Å². The first-order valence-corrected chi connectivity index (χ1v) is 6.73. The van der Waals surface area contributed by atoms with Crippen LogP contribution >= 0.6 is 11.6 Å². The van der Waals surface area contributed by atoms with Gasteiger partial charge in [0.1, 0.15) is 18.2 Å². The Morgan fingerprint density at radius 3 is 3.05 bits per heavy atom. The monoisotopic (exact) mass is 288 g/mol. The minimum atomic E-state index is -0.217. The van der Waals surface area contributed by atoms with Gasteiger partial charge in [0.2, 0.25) is 5.91 Å². The summed E-state index contributed by atoms with van der Waals surface area (Å²) >= 11 is 5.87. The smallest absolute Gasteiger partial charge is 0.232 e. The summed E-state index contributed by atoms with van der Waals surface area (Å²) in [7, 11) is 0. The number of amides is 1. The summed E-state index contributed by atoms with van der Waals surface area (Å²) in [4.78, 5) is 16.3. The fraction of sp³-hybridized carbons (Fsp3) is 0.200. The Kier molecular flexibility index (Phi) is 3.56. The van der Waals surface area contributed by atoms with Gasteiger partial charge in [0, 0.05) is 11.2 Å². The van der Waals surface area contributed by atoms with Crippen LogP contribution in [0.3, 0.4) is 0 Å². The van der Waals surface area contributed by atoms with Crippen molar-refractivity contribution in [2.24, 2.45) is 5.92 Å². The molecule has 2 heterocycles. The minimum Gasteiger partial charge on any atom is -0.492 e. The molecule has 1 aromatic heterocycles. The van der Waals surface area contributed by atoms with Crippen molar-refractivity contribution in [1.82, 2.24) is 4.98 Å². The second kappa shape index (κ2) is 5.51. The Labute approximate surface area is 121 Å². The van der Waals surface area contributed by atoms with Crippen molar-refractivity contribution in [3.63, 3.8) is 0 Å². The van der Waals surface area contributed by atoms with E-state index in [1.54, 1.807) is 18.3 Å². The summed E-state index contributed by atoms with van der Waals surface area (Å²) in [5.41, 5.74) is 1.05. The highest BCUT2D eigenvalue weighted by Gasteiger charge is 2.25. The Bertz CT molecular complexity index is 645. The third-order valence-corrected chi connectivity index (χ3v) is 3.46. The van der Waals surface area contributed by atoms with E-state index < -0.39 is 0 Å². The van der Waals surface area contributed by atoms with E-state index in [1.807, 2.05) is 24.3 Å². The largest absolute Gasteiger partial charge is 0.492 e. The molecule has 1 aliphatic rings. The second-order valence-electron chi connectivity index (χ2n) is 4.67. The number of fused-ring (bicyclic) bond motifs is 1. The number of carbonyl (C=O) groups is 1. The summed E-state index contributed by atoms with van der Waals surface area (Å²) in [6, 6.07) is 11.1. The molecular weight excluding hydrogens is 276 g/mol. The Balaban J connectivity index is 1.70. The number of benzene rings is 1. The highest BCUT2D eigenvalue weighted by atomic mass is 35.5. The molecule has 0 spiro atoms. The normalized spacial score (nSPS) is 16.9. The first-order chi connectivity index (χ1) is 9.72. The van der Waals surface area contributed by atoms with E-state index in [0.29, 0.717) is 23.9 Å². The maximum absolute atomic E-state index is 12.2. The summed E-state index contributed by atoms with van der Waals surface area (Å²) < 4.78 is 5.61. The van der Waals surface area contributed by atoms with Crippen molar-refractivity contribution >= 4 is 23.3 Å². The average Bonchev–Trinajstić information content (AvgIpc) is 2.47. The molecule has 1 N–H and O–H groups in total. The Morgan fingerprint density at radius 1 is 1.35 bits per heavy atom. The number of aromatic nitrogens is 1. The van der Waals surface area contributed by atoms with Crippen LogP contribution in [0, 0.1) is 5.92 Å². The highest BCUT2D eigenvalue weighted by molar-refractivity contribution is 6.30. The van der Waals surface area contributed by atoms with Crippen molar-refractivity contribution in [3.8, 4) is 5.75 Å². The van der Waals surface area contributed by atoms with Gasteiger partial charge in [-0.25, -0.2) is 4.98 Å². The molecule has 0 fully saturated rings. The number of pyridine rings is 1. The summed E-state index contributed by atoms with van der Waals surface area (Å²) in [5.74, 6) is 0.999. The van der Waals surface area contributed by atoms with Gasteiger partial charge in [-0.3, -0.25) is 4.79 Å². The van der Waals surface area contributed by atoms with E-state index in [4.69, 9.17) is 16.3 Å². The molecule has 3 rings (SSSR count). The molecule has 0 saturated heterocycles. The molecule has 1 atom stereocenters. The van der Waals surface area contributed by atoms with Gasteiger partial charge in [0.25, 0.3) is 0 Å². The van der Waals surface area contributed by atoms with Crippen LogP contribution in [0.25, 0.3) is 0 Å². The predicted molar refractivity (Wildman–Crippen MR) is 77.0 cm³/mol. The van der Waals surface area contributed by atoms with Crippen molar-refractivity contribution in [2.75, 3.05) is 11.9 Å². The van der Waals surface area contributed by atoms with Gasteiger partial charge in [0.15, 0.2) is 0 Å². The van der Waals surface area contributed by atoms with E-state index >= 15 is 0 Å². The molecule has 0 radical (unpaired) electrons. The van der Waals surface area contributed by atoms with Crippen LogP contribution in [-0.2, 0) is 11.2 Å². The lowest BCUT2D eigenvalue weighted by Gasteiger charge is -2.24. The molecule has 0 aliphatic carbocycles. The molecular formula is C15H13ClN2O2. The van der Waals surface area contributed by atoms with Crippen molar-refractivity contribution < 1.29 is 9.53 Å². The van der Waals surface area contributed by atoms with Gasteiger partial charge in [-0.05, 0) is 30.2 Å². The van der Waals surface area contributed by atoms with Gasteiger partial charge in [0.05, 0.1) is 5.92 Å². The van der Waals surface area contributed by atoms with Crippen molar-refractivity contribution in [1.29, 1.82) is 0 Å². The standard InChI is InChI=1S/C15H13ClN2O2/c16-12-5-6-17-14(8-12)18-15(19)11-7-10-3-1-2-4-13(10)20-9-11/h1-6,8,11H,7,9H2,(H,17,18,19). The average molecular weight is 289 g/mol. The molecule has 0 bridgehead atoms. The third-order valence-electron chi connectivity index (χ3n) is 3.22. The third kappa shape index (κ3) is 2.75. The molecule has 1 aliphatic heterocycles. The molecule has 4 nitrogen and oxygen atoms in total. The van der Waals surface area contributed by atoms with Crippen LogP contribution in [0.1, 0.15) is 5.56 Å². The van der Waals surface area contributed by atoms with E-state index in [2.05, 4.69) is 10.3 Å².